The molecule has 3 aromatic rings. The Bertz CT molecular complexity index is 867. The number of thiophene rings is 1. The van der Waals surface area contributed by atoms with Crippen LogP contribution in [0.5, 0.6) is 0 Å². The van der Waals surface area contributed by atoms with Gasteiger partial charge in [-0.2, -0.15) is 11.3 Å². The van der Waals surface area contributed by atoms with Gasteiger partial charge in [0.2, 0.25) is 0 Å². The van der Waals surface area contributed by atoms with E-state index in [9.17, 15) is 9.59 Å². The van der Waals surface area contributed by atoms with Gasteiger partial charge in [0.25, 0.3) is 5.91 Å². The van der Waals surface area contributed by atoms with Crippen molar-refractivity contribution in [3.05, 3.63) is 57.2 Å². The van der Waals surface area contributed by atoms with Crippen molar-refractivity contribution in [3.63, 3.8) is 0 Å². The number of rotatable bonds is 4. The lowest BCUT2D eigenvalue weighted by atomic mass is 10.1. The monoisotopic (exact) mass is 342 g/mol. The van der Waals surface area contributed by atoms with E-state index in [0.717, 1.165) is 10.6 Å². The molecule has 0 spiro atoms. The third kappa shape index (κ3) is 3.23. The molecule has 0 saturated heterocycles. The first-order chi connectivity index (χ1) is 11.1. The summed E-state index contributed by atoms with van der Waals surface area (Å²) in [5.41, 5.74) is 2.73. The predicted octanol–water partition coefficient (Wildman–Crippen LogP) is 4.63. The van der Waals surface area contributed by atoms with Gasteiger partial charge in [-0.25, -0.2) is 4.98 Å². The molecule has 23 heavy (non-hydrogen) atoms. The number of ketones is 1. The molecule has 2 heterocycles. The summed E-state index contributed by atoms with van der Waals surface area (Å²) in [7, 11) is 0. The van der Waals surface area contributed by atoms with Crippen LogP contribution in [0.2, 0.25) is 0 Å². The lowest BCUT2D eigenvalue weighted by molar-refractivity contribution is 0.101. The maximum Gasteiger partial charge on any atom is 0.267 e. The summed E-state index contributed by atoms with van der Waals surface area (Å²) in [4.78, 5) is 29.2. The number of nitrogens with zero attached hydrogens (tertiary/aromatic N) is 1. The fourth-order valence-corrected chi connectivity index (χ4v) is 3.87. The molecule has 4 nitrogen and oxygen atoms in total. The second kappa shape index (κ2) is 6.44. The first-order valence-electron chi connectivity index (χ1n) is 6.97. The summed E-state index contributed by atoms with van der Waals surface area (Å²) < 4.78 is 0. The van der Waals surface area contributed by atoms with E-state index in [0.29, 0.717) is 21.8 Å². The van der Waals surface area contributed by atoms with E-state index in [1.54, 1.807) is 35.6 Å². The zero-order valence-corrected chi connectivity index (χ0v) is 14.3. The first-order valence-corrected chi connectivity index (χ1v) is 8.73. The first kappa shape index (κ1) is 15.6. The number of thiazole rings is 1. The standard InChI is InChI=1S/C17H14N2O2S2/c1-10-15(23-17(18-10)12-7-8-22-9-12)16(21)19-14-6-4-3-5-13(14)11(2)20/h3-9H,1-2H3,(H,19,21). The van der Waals surface area contributed by atoms with Crippen LogP contribution in [0.3, 0.4) is 0 Å². The Hall–Kier alpha value is -2.31. The average molecular weight is 342 g/mol. The maximum absolute atomic E-state index is 12.5. The number of amides is 1. The number of aryl methyl sites for hydroxylation is 1. The molecule has 0 fully saturated rings. The molecule has 0 bridgehead atoms. The minimum atomic E-state index is -0.241. The molecule has 2 aromatic heterocycles. The van der Waals surface area contributed by atoms with Crippen molar-refractivity contribution in [2.45, 2.75) is 13.8 Å². The van der Waals surface area contributed by atoms with Gasteiger partial charge < -0.3 is 5.32 Å². The molecule has 116 valence electrons. The number of para-hydroxylation sites is 1. The molecule has 1 N–H and O–H groups in total. The van der Waals surface area contributed by atoms with E-state index in [-0.39, 0.29) is 11.7 Å². The predicted molar refractivity (Wildman–Crippen MR) is 94.6 cm³/mol. The highest BCUT2D eigenvalue weighted by Crippen LogP contribution is 2.30. The molecular formula is C17H14N2O2S2. The zero-order valence-electron chi connectivity index (χ0n) is 12.6. The second-order valence-electron chi connectivity index (χ2n) is 5.00. The topological polar surface area (TPSA) is 59.1 Å². The normalized spacial score (nSPS) is 10.5. The van der Waals surface area contributed by atoms with E-state index in [1.807, 2.05) is 23.8 Å². The fourth-order valence-electron chi connectivity index (χ4n) is 2.19. The number of nitrogens with one attached hydrogen (secondary N) is 1. The van der Waals surface area contributed by atoms with Crippen LogP contribution in [-0.2, 0) is 0 Å². The number of hydrogen-bond acceptors (Lipinski definition) is 5. The largest absolute Gasteiger partial charge is 0.321 e. The molecule has 0 aliphatic rings. The van der Waals surface area contributed by atoms with Crippen molar-refractivity contribution < 1.29 is 9.59 Å². The van der Waals surface area contributed by atoms with E-state index in [1.165, 1.54) is 18.3 Å². The van der Waals surface area contributed by atoms with Gasteiger partial charge in [0.15, 0.2) is 5.78 Å². The molecule has 0 aliphatic heterocycles. The van der Waals surface area contributed by atoms with E-state index in [4.69, 9.17) is 0 Å². The Balaban J connectivity index is 1.89. The highest BCUT2D eigenvalue weighted by molar-refractivity contribution is 7.17. The van der Waals surface area contributed by atoms with Gasteiger partial charge in [-0.3, -0.25) is 9.59 Å². The maximum atomic E-state index is 12.5. The Kier molecular flexibility index (Phi) is 4.36. The Labute approximate surface area is 141 Å². The van der Waals surface area contributed by atoms with Gasteiger partial charge in [-0.15, -0.1) is 11.3 Å². The van der Waals surface area contributed by atoms with Crippen molar-refractivity contribution in [1.82, 2.24) is 4.98 Å². The van der Waals surface area contributed by atoms with Gasteiger partial charge in [-0.05, 0) is 37.4 Å². The Morgan fingerprint density at radius 1 is 1.17 bits per heavy atom. The number of carbonyl (C=O) groups is 2. The Morgan fingerprint density at radius 2 is 1.96 bits per heavy atom. The van der Waals surface area contributed by atoms with Crippen LogP contribution >= 0.6 is 22.7 Å². The molecule has 1 aromatic carbocycles. The molecule has 6 heteroatoms. The summed E-state index contributed by atoms with van der Waals surface area (Å²) >= 11 is 2.95. The van der Waals surface area contributed by atoms with Crippen molar-refractivity contribution in [3.8, 4) is 10.6 Å². The van der Waals surface area contributed by atoms with Crippen LogP contribution in [0.15, 0.2) is 41.1 Å². The number of hydrogen-bond donors (Lipinski definition) is 1. The van der Waals surface area contributed by atoms with Crippen LogP contribution in [0, 0.1) is 6.92 Å². The van der Waals surface area contributed by atoms with Gasteiger partial charge in [0, 0.05) is 16.5 Å². The van der Waals surface area contributed by atoms with Gasteiger partial charge in [0.1, 0.15) is 9.88 Å². The molecule has 0 saturated carbocycles. The summed E-state index contributed by atoms with van der Waals surface area (Å²) in [6.45, 7) is 3.30. The number of anilines is 1. The minimum absolute atomic E-state index is 0.0825. The summed E-state index contributed by atoms with van der Waals surface area (Å²) in [6.07, 6.45) is 0. The summed E-state index contributed by atoms with van der Waals surface area (Å²) in [6, 6.07) is 8.98. The molecule has 3 rings (SSSR count). The zero-order chi connectivity index (χ0) is 16.4. The summed E-state index contributed by atoms with van der Waals surface area (Å²) in [5.74, 6) is -0.323. The van der Waals surface area contributed by atoms with Crippen molar-refractivity contribution in [1.29, 1.82) is 0 Å². The highest BCUT2D eigenvalue weighted by Gasteiger charge is 2.18. The van der Waals surface area contributed by atoms with Gasteiger partial charge >= 0.3 is 0 Å². The van der Waals surface area contributed by atoms with Gasteiger partial charge in [-0.1, -0.05) is 12.1 Å². The fraction of sp³-hybridized carbons (Fsp3) is 0.118. The van der Waals surface area contributed by atoms with E-state index >= 15 is 0 Å². The third-order valence-corrected chi connectivity index (χ3v) is 5.21. The van der Waals surface area contributed by atoms with Crippen LogP contribution in [-0.4, -0.2) is 16.7 Å². The molecular weight excluding hydrogens is 328 g/mol. The number of aromatic nitrogens is 1. The minimum Gasteiger partial charge on any atom is -0.321 e. The summed E-state index contributed by atoms with van der Waals surface area (Å²) in [5, 5.41) is 7.63. The highest BCUT2D eigenvalue weighted by atomic mass is 32.1. The lowest BCUT2D eigenvalue weighted by Crippen LogP contribution is -2.14. The van der Waals surface area contributed by atoms with Crippen molar-refractivity contribution in [2.75, 3.05) is 5.32 Å². The molecule has 0 radical (unpaired) electrons. The molecule has 0 atom stereocenters. The Morgan fingerprint density at radius 3 is 2.65 bits per heavy atom. The third-order valence-electron chi connectivity index (χ3n) is 3.33. The molecule has 1 amide bonds. The lowest BCUT2D eigenvalue weighted by Gasteiger charge is -2.08. The smallest absolute Gasteiger partial charge is 0.267 e. The number of carbonyl (C=O) groups excluding carboxylic acids is 2. The van der Waals surface area contributed by atoms with E-state index < -0.39 is 0 Å². The van der Waals surface area contributed by atoms with Crippen molar-refractivity contribution in [2.24, 2.45) is 0 Å². The second-order valence-corrected chi connectivity index (χ2v) is 6.78. The van der Waals surface area contributed by atoms with E-state index in [2.05, 4.69) is 10.3 Å². The van der Waals surface area contributed by atoms with Crippen LogP contribution in [0.4, 0.5) is 5.69 Å². The van der Waals surface area contributed by atoms with Crippen LogP contribution in [0.25, 0.3) is 10.6 Å². The SMILES string of the molecule is CC(=O)c1ccccc1NC(=O)c1sc(-c2ccsc2)nc1C. The van der Waals surface area contributed by atoms with Crippen LogP contribution < -0.4 is 5.32 Å². The average Bonchev–Trinajstić information content (AvgIpc) is 3.16. The quantitative estimate of drug-likeness (QED) is 0.703. The molecule has 0 aliphatic carbocycles. The van der Waals surface area contributed by atoms with Crippen molar-refractivity contribution >= 4 is 40.1 Å². The number of benzene rings is 1. The van der Waals surface area contributed by atoms with Crippen LogP contribution in [0.1, 0.15) is 32.6 Å². The van der Waals surface area contributed by atoms with Gasteiger partial charge in [0.05, 0.1) is 11.4 Å². The number of Topliss-reactive ketones (excluding diaryl/α,β-unsaturated/α-hetero) is 1. The molecule has 0 unspecified atom stereocenters.